The van der Waals surface area contributed by atoms with Gasteiger partial charge in [0, 0.05) is 12.1 Å². The van der Waals surface area contributed by atoms with E-state index in [1.54, 1.807) is 25.3 Å². The van der Waals surface area contributed by atoms with Gasteiger partial charge in [0.05, 0.1) is 12.8 Å². The molecule has 0 bridgehead atoms. The maximum absolute atomic E-state index is 11.6. The Morgan fingerprint density at radius 3 is 2.79 bits per heavy atom. The number of carbonyl (C=O) groups is 1. The highest BCUT2D eigenvalue weighted by molar-refractivity contribution is 5.77. The molecule has 0 aliphatic rings. The van der Waals surface area contributed by atoms with Crippen LogP contribution in [0.3, 0.4) is 0 Å². The first kappa shape index (κ1) is 15.1. The lowest BCUT2D eigenvalue weighted by atomic mass is 10.2. The number of nitrogen functional groups attached to an aromatic ring is 1. The number of nitrogens with two attached hydrogens (primary N) is 1. The van der Waals surface area contributed by atoms with Gasteiger partial charge < -0.3 is 20.5 Å². The first-order valence-corrected chi connectivity index (χ1v) is 6.42. The minimum atomic E-state index is -0.129. The van der Waals surface area contributed by atoms with E-state index >= 15 is 0 Å². The third-order valence-corrected chi connectivity index (χ3v) is 2.70. The van der Waals surface area contributed by atoms with Gasteiger partial charge in [-0.15, -0.1) is 0 Å². The van der Waals surface area contributed by atoms with E-state index in [9.17, 15) is 4.79 Å². The fourth-order valence-corrected chi connectivity index (χ4v) is 1.77. The Kier molecular flexibility index (Phi) is 5.99. The molecular formula is C14H22N2O3. The molecule has 0 spiro atoms. The van der Waals surface area contributed by atoms with Crippen LogP contribution in [0.25, 0.3) is 0 Å². The molecule has 1 aromatic rings. The van der Waals surface area contributed by atoms with Gasteiger partial charge in [0.15, 0.2) is 6.61 Å². The third-order valence-electron chi connectivity index (χ3n) is 2.70. The Bertz CT molecular complexity index is 421. The molecule has 0 fully saturated rings. The van der Waals surface area contributed by atoms with E-state index < -0.39 is 0 Å². The zero-order chi connectivity index (χ0) is 14.3. The van der Waals surface area contributed by atoms with Gasteiger partial charge in [-0.2, -0.15) is 0 Å². The Labute approximate surface area is 114 Å². The van der Waals surface area contributed by atoms with Crippen LogP contribution >= 0.6 is 0 Å². The van der Waals surface area contributed by atoms with Crippen molar-refractivity contribution < 1.29 is 14.3 Å². The van der Waals surface area contributed by atoms with Crippen molar-refractivity contribution in [3.05, 3.63) is 18.2 Å². The molecule has 0 saturated heterocycles. The fourth-order valence-electron chi connectivity index (χ4n) is 1.77. The van der Waals surface area contributed by atoms with Gasteiger partial charge in [0.25, 0.3) is 5.91 Å². The molecule has 1 unspecified atom stereocenters. The van der Waals surface area contributed by atoms with Crippen LogP contribution in [-0.2, 0) is 4.79 Å². The van der Waals surface area contributed by atoms with Crippen LogP contribution in [0.2, 0.25) is 0 Å². The summed E-state index contributed by atoms with van der Waals surface area (Å²) >= 11 is 0. The van der Waals surface area contributed by atoms with E-state index in [0.717, 1.165) is 12.8 Å². The van der Waals surface area contributed by atoms with E-state index in [1.807, 2.05) is 6.92 Å². The third kappa shape index (κ3) is 5.07. The number of nitrogens with one attached hydrogen (secondary N) is 1. The standard InChI is InChI=1S/C14H22N2O3/c1-4-5-10(2)16-14(17)9-19-11-6-7-13(18-3)12(15)8-11/h6-8,10H,4-5,9,15H2,1-3H3,(H,16,17). The summed E-state index contributed by atoms with van der Waals surface area (Å²) in [4.78, 5) is 11.6. The zero-order valence-electron chi connectivity index (χ0n) is 11.7. The highest BCUT2D eigenvalue weighted by Crippen LogP contribution is 2.25. The predicted molar refractivity (Wildman–Crippen MR) is 75.4 cm³/mol. The quantitative estimate of drug-likeness (QED) is 0.740. The summed E-state index contributed by atoms with van der Waals surface area (Å²) in [5.74, 6) is 1.01. The summed E-state index contributed by atoms with van der Waals surface area (Å²) in [6, 6.07) is 5.24. The number of ether oxygens (including phenoxy) is 2. The largest absolute Gasteiger partial charge is 0.495 e. The predicted octanol–water partition coefficient (Wildman–Crippen LogP) is 1.96. The van der Waals surface area contributed by atoms with Crippen molar-refractivity contribution in [3.63, 3.8) is 0 Å². The summed E-state index contributed by atoms with van der Waals surface area (Å²) in [6.07, 6.45) is 2.00. The van der Waals surface area contributed by atoms with E-state index in [4.69, 9.17) is 15.2 Å². The van der Waals surface area contributed by atoms with Gasteiger partial charge in [0.1, 0.15) is 11.5 Å². The molecule has 5 heteroatoms. The Morgan fingerprint density at radius 1 is 1.47 bits per heavy atom. The molecule has 0 radical (unpaired) electrons. The molecule has 1 rings (SSSR count). The van der Waals surface area contributed by atoms with Crippen LogP contribution in [0.1, 0.15) is 26.7 Å². The number of anilines is 1. The summed E-state index contributed by atoms with van der Waals surface area (Å²) < 4.78 is 10.4. The lowest BCUT2D eigenvalue weighted by molar-refractivity contribution is -0.123. The molecular weight excluding hydrogens is 244 g/mol. The number of amides is 1. The van der Waals surface area contributed by atoms with Crippen molar-refractivity contribution in [2.45, 2.75) is 32.7 Å². The molecule has 1 atom stereocenters. The second-order valence-electron chi connectivity index (χ2n) is 4.45. The van der Waals surface area contributed by atoms with Crippen LogP contribution in [0.15, 0.2) is 18.2 Å². The van der Waals surface area contributed by atoms with Gasteiger partial charge in [0.2, 0.25) is 0 Å². The van der Waals surface area contributed by atoms with Gasteiger partial charge in [-0.1, -0.05) is 13.3 Å². The summed E-state index contributed by atoms with van der Waals surface area (Å²) in [5.41, 5.74) is 6.24. The monoisotopic (exact) mass is 266 g/mol. The minimum Gasteiger partial charge on any atom is -0.495 e. The molecule has 19 heavy (non-hydrogen) atoms. The number of benzene rings is 1. The highest BCUT2D eigenvalue weighted by atomic mass is 16.5. The van der Waals surface area contributed by atoms with Crippen molar-refractivity contribution in [2.75, 3.05) is 19.5 Å². The molecule has 0 aliphatic heterocycles. The minimum absolute atomic E-state index is 0.0141. The zero-order valence-corrected chi connectivity index (χ0v) is 11.7. The van der Waals surface area contributed by atoms with Crippen molar-refractivity contribution in [3.8, 4) is 11.5 Å². The molecule has 0 aliphatic carbocycles. The van der Waals surface area contributed by atoms with E-state index in [2.05, 4.69) is 12.2 Å². The van der Waals surface area contributed by atoms with Crippen molar-refractivity contribution in [1.29, 1.82) is 0 Å². The van der Waals surface area contributed by atoms with Crippen LogP contribution < -0.4 is 20.5 Å². The molecule has 0 heterocycles. The fraction of sp³-hybridized carbons (Fsp3) is 0.500. The first-order valence-electron chi connectivity index (χ1n) is 6.42. The van der Waals surface area contributed by atoms with Crippen LogP contribution in [0, 0.1) is 0 Å². The number of hydrogen-bond donors (Lipinski definition) is 2. The van der Waals surface area contributed by atoms with Gasteiger partial charge in [-0.3, -0.25) is 4.79 Å². The topological polar surface area (TPSA) is 73.6 Å². The van der Waals surface area contributed by atoms with Crippen LogP contribution in [-0.4, -0.2) is 25.7 Å². The Hall–Kier alpha value is -1.91. The molecule has 0 aromatic heterocycles. The highest BCUT2D eigenvalue weighted by Gasteiger charge is 2.08. The molecule has 5 nitrogen and oxygen atoms in total. The van der Waals surface area contributed by atoms with E-state index in [0.29, 0.717) is 17.2 Å². The molecule has 106 valence electrons. The van der Waals surface area contributed by atoms with Gasteiger partial charge in [-0.25, -0.2) is 0 Å². The Balaban J connectivity index is 2.44. The smallest absolute Gasteiger partial charge is 0.258 e. The number of methoxy groups -OCH3 is 1. The lowest BCUT2D eigenvalue weighted by Gasteiger charge is -2.13. The SMILES string of the molecule is CCCC(C)NC(=O)COc1ccc(OC)c(N)c1. The number of carbonyl (C=O) groups excluding carboxylic acids is 1. The maximum atomic E-state index is 11.6. The average Bonchev–Trinajstić information content (AvgIpc) is 2.36. The number of rotatable bonds is 7. The Morgan fingerprint density at radius 2 is 2.21 bits per heavy atom. The molecule has 1 amide bonds. The van der Waals surface area contributed by atoms with Crippen LogP contribution in [0.5, 0.6) is 11.5 Å². The maximum Gasteiger partial charge on any atom is 0.258 e. The van der Waals surface area contributed by atoms with Crippen molar-refractivity contribution >= 4 is 11.6 Å². The normalized spacial score (nSPS) is 11.7. The second-order valence-corrected chi connectivity index (χ2v) is 4.45. The second kappa shape index (κ2) is 7.51. The number of hydrogen-bond acceptors (Lipinski definition) is 4. The summed E-state index contributed by atoms with van der Waals surface area (Å²) in [5, 5.41) is 2.87. The van der Waals surface area contributed by atoms with Crippen molar-refractivity contribution in [2.24, 2.45) is 0 Å². The lowest BCUT2D eigenvalue weighted by Crippen LogP contribution is -2.35. The summed E-state index contributed by atoms with van der Waals surface area (Å²) in [7, 11) is 1.55. The molecule has 0 saturated carbocycles. The van der Waals surface area contributed by atoms with Crippen LogP contribution in [0.4, 0.5) is 5.69 Å². The molecule has 3 N–H and O–H groups in total. The van der Waals surface area contributed by atoms with Gasteiger partial charge >= 0.3 is 0 Å². The van der Waals surface area contributed by atoms with E-state index in [1.165, 1.54) is 0 Å². The van der Waals surface area contributed by atoms with Gasteiger partial charge in [-0.05, 0) is 25.5 Å². The van der Waals surface area contributed by atoms with Crippen molar-refractivity contribution in [1.82, 2.24) is 5.32 Å². The average molecular weight is 266 g/mol. The summed E-state index contributed by atoms with van der Waals surface area (Å²) in [6.45, 7) is 4.05. The molecule has 1 aromatic carbocycles. The van der Waals surface area contributed by atoms with E-state index in [-0.39, 0.29) is 18.6 Å². The first-order chi connectivity index (χ1) is 9.06.